The Kier molecular flexibility index (Phi) is 3.55. The van der Waals surface area contributed by atoms with Crippen molar-refractivity contribution < 1.29 is 0 Å². The molecule has 0 radical (unpaired) electrons. The zero-order valence-corrected chi connectivity index (χ0v) is 12.5. The van der Waals surface area contributed by atoms with Crippen LogP contribution in [-0.4, -0.2) is 40.5 Å². The van der Waals surface area contributed by atoms with Gasteiger partial charge in [0.1, 0.15) is 5.82 Å². The Bertz CT molecular complexity index is 570. The van der Waals surface area contributed by atoms with Crippen LogP contribution in [0.3, 0.4) is 0 Å². The third kappa shape index (κ3) is 2.53. The number of H-pyrrole nitrogens is 1. The fourth-order valence-electron chi connectivity index (χ4n) is 4.14. The van der Waals surface area contributed by atoms with Gasteiger partial charge in [0.15, 0.2) is 0 Å². The van der Waals surface area contributed by atoms with Gasteiger partial charge in [0.25, 0.3) is 5.56 Å². The van der Waals surface area contributed by atoms with Gasteiger partial charge in [0, 0.05) is 37.2 Å². The van der Waals surface area contributed by atoms with E-state index in [4.69, 9.17) is 4.98 Å². The molecule has 5 heteroatoms. The average Bonchev–Trinajstić information content (AvgIpc) is 3.20. The molecule has 5 nitrogen and oxygen atoms in total. The quantitative estimate of drug-likeness (QED) is 0.857. The maximum atomic E-state index is 12.3. The first-order valence-electron chi connectivity index (χ1n) is 8.38. The second-order valence-corrected chi connectivity index (χ2v) is 6.72. The van der Waals surface area contributed by atoms with Crippen molar-refractivity contribution in [1.82, 2.24) is 20.2 Å². The highest BCUT2D eigenvalue weighted by Gasteiger charge is 2.29. The van der Waals surface area contributed by atoms with Crippen LogP contribution in [0.2, 0.25) is 0 Å². The summed E-state index contributed by atoms with van der Waals surface area (Å²) in [5.41, 5.74) is 2.07. The Morgan fingerprint density at radius 3 is 2.81 bits per heavy atom. The summed E-state index contributed by atoms with van der Waals surface area (Å²) in [5.74, 6) is 1.28. The predicted octanol–water partition coefficient (Wildman–Crippen LogP) is 1.15. The molecule has 4 rings (SSSR count). The second kappa shape index (κ2) is 5.54. The van der Waals surface area contributed by atoms with E-state index in [1.165, 1.54) is 25.7 Å². The topological polar surface area (TPSA) is 61.0 Å². The first-order valence-corrected chi connectivity index (χ1v) is 8.38. The van der Waals surface area contributed by atoms with Gasteiger partial charge in [-0.1, -0.05) is 12.8 Å². The number of nitrogens with zero attached hydrogens (tertiary/aromatic N) is 2. The molecule has 0 bridgehead atoms. The minimum absolute atomic E-state index is 0.105. The molecule has 0 aromatic carbocycles. The Hall–Kier alpha value is -1.20. The molecule has 3 aliphatic rings. The van der Waals surface area contributed by atoms with Crippen molar-refractivity contribution in [2.75, 3.05) is 19.6 Å². The van der Waals surface area contributed by atoms with E-state index in [-0.39, 0.29) is 5.56 Å². The van der Waals surface area contributed by atoms with Crippen LogP contribution >= 0.6 is 0 Å². The van der Waals surface area contributed by atoms with Gasteiger partial charge in [-0.05, 0) is 32.2 Å². The summed E-state index contributed by atoms with van der Waals surface area (Å²) in [7, 11) is 0. The summed E-state index contributed by atoms with van der Waals surface area (Å²) < 4.78 is 0. The van der Waals surface area contributed by atoms with E-state index in [0.29, 0.717) is 5.92 Å². The van der Waals surface area contributed by atoms with Crippen molar-refractivity contribution in [3.05, 3.63) is 27.4 Å². The lowest BCUT2D eigenvalue weighted by molar-refractivity contribution is 0.177. The molecule has 1 aliphatic carbocycles. The van der Waals surface area contributed by atoms with Crippen LogP contribution in [-0.2, 0) is 13.0 Å². The summed E-state index contributed by atoms with van der Waals surface area (Å²) in [5, 5.41) is 3.35. The van der Waals surface area contributed by atoms with E-state index in [1.54, 1.807) is 0 Å². The van der Waals surface area contributed by atoms with Gasteiger partial charge in [0.2, 0.25) is 0 Å². The second-order valence-electron chi connectivity index (χ2n) is 6.72. The monoisotopic (exact) mass is 288 g/mol. The first kappa shape index (κ1) is 13.5. The largest absolute Gasteiger partial charge is 0.316 e. The number of aromatic amines is 1. The van der Waals surface area contributed by atoms with Gasteiger partial charge in [-0.15, -0.1) is 0 Å². The summed E-state index contributed by atoms with van der Waals surface area (Å²) in [6.07, 6.45) is 7.28. The molecule has 1 aromatic heterocycles. The van der Waals surface area contributed by atoms with Gasteiger partial charge < -0.3 is 10.3 Å². The predicted molar refractivity (Wildman–Crippen MR) is 81.5 cm³/mol. The number of hydrogen-bond donors (Lipinski definition) is 2. The molecule has 1 saturated carbocycles. The van der Waals surface area contributed by atoms with Crippen molar-refractivity contribution in [2.45, 2.75) is 57.0 Å². The molecule has 1 atom stereocenters. The molecular formula is C16H24N4O. The normalized spacial score (nSPS) is 27.1. The molecule has 2 aliphatic heterocycles. The average molecular weight is 288 g/mol. The Labute approximate surface area is 125 Å². The molecule has 0 amide bonds. The maximum absolute atomic E-state index is 12.3. The smallest absolute Gasteiger partial charge is 0.254 e. The van der Waals surface area contributed by atoms with Crippen LogP contribution in [0.1, 0.15) is 55.1 Å². The maximum Gasteiger partial charge on any atom is 0.254 e. The van der Waals surface area contributed by atoms with Gasteiger partial charge in [-0.3, -0.25) is 9.69 Å². The third-order valence-corrected chi connectivity index (χ3v) is 5.41. The van der Waals surface area contributed by atoms with E-state index >= 15 is 0 Å². The van der Waals surface area contributed by atoms with Crippen molar-refractivity contribution in [2.24, 2.45) is 0 Å². The zero-order chi connectivity index (χ0) is 14.2. The molecule has 1 saturated heterocycles. The van der Waals surface area contributed by atoms with Gasteiger partial charge in [-0.2, -0.15) is 0 Å². The summed E-state index contributed by atoms with van der Waals surface area (Å²) >= 11 is 0. The van der Waals surface area contributed by atoms with Crippen LogP contribution in [0.15, 0.2) is 4.79 Å². The fourth-order valence-corrected chi connectivity index (χ4v) is 4.14. The highest BCUT2D eigenvalue weighted by atomic mass is 16.1. The minimum Gasteiger partial charge on any atom is -0.316 e. The Morgan fingerprint density at radius 1 is 1.19 bits per heavy atom. The van der Waals surface area contributed by atoms with Crippen LogP contribution in [0.25, 0.3) is 0 Å². The summed E-state index contributed by atoms with van der Waals surface area (Å²) in [6, 6.07) is 0.718. The molecular weight excluding hydrogens is 264 g/mol. The number of aromatic nitrogens is 2. The summed E-state index contributed by atoms with van der Waals surface area (Å²) in [6.45, 7) is 3.86. The van der Waals surface area contributed by atoms with E-state index in [9.17, 15) is 4.79 Å². The Balaban J connectivity index is 1.61. The standard InChI is InChI=1S/C16H24N4O/c21-16-13-6-8-20(12-3-1-2-4-12)10-14(13)18-15(19-16)11-5-7-17-9-11/h11-12,17H,1-10H2,(H,18,19,21)/t11-/m1/s1. The lowest BCUT2D eigenvalue weighted by atomic mass is 10.0. The molecule has 0 spiro atoms. The van der Waals surface area contributed by atoms with Crippen molar-refractivity contribution in [1.29, 1.82) is 0 Å². The number of rotatable bonds is 2. The highest BCUT2D eigenvalue weighted by Crippen LogP contribution is 2.28. The van der Waals surface area contributed by atoms with E-state index < -0.39 is 0 Å². The molecule has 21 heavy (non-hydrogen) atoms. The molecule has 2 N–H and O–H groups in total. The zero-order valence-electron chi connectivity index (χ0n) is 12.5. The van der Waals surface area contributed by atoms with Gasteiger partial charge >= 0.3 is 0 Å². The third-order valence-electron chi connectivity index (χ3n) is 5.41. The minimum atomic E-state index is 0.105. The van der Waals surface area contributed by atoms with Crippen LogP contribution in [0.4, 0.5) is 0 Å². The molecule has 0 unspecified atom stereocenters. The number of nitrogens with one attached hydrogen (secondary N) is 2. The van der Waals surface area contributed by atoms with Crippen molar-refractivity contribution in [3.8, 4) is 0 Å². The van der Waals surface area contributed by atoms with E-state index in [0.717, 1.165) is 62.1 Å². The summed E-state index contributed by atoms with van der Waals surface area (Å²) in [4.78, 5) is 22.8. The molecule has 2 fully saturated rings. The lowest BCUT2D eigenvalue weighted by Crippen LogP contribution is -2.41. The van der Waals surface area contributed by atoms with Crippen LogP contribution in [0.5, 0.6) is 0 Å². The molecule has 114 valence electrons. The van der Waals surface area contributed by atoms with E-state index in [2.05, 4.69) is 15.2 Å². The lowest BCUT2D eigenvalue weighted by Gasteiger charge is -2.32. The van der Waals surface area contributed by atoms with Gasteiger partial charge in [0.05, 0.1) is 5.69 Å². The first-order chi connectivity index (χ1) is 10.3. The highest BCUT2D eigenvalue weighted by molar-refractivity contribution is 5.22. The van der Waals surface area contributed by atoms with E-state index in [1.807, 2.05) is 0 Å². The van der Waals surface area contributed by atoms with Crippen molar-refractivity contribution >= 4 is 0 Å². The van der Waals surface area contributed by atoms with Crippen molar-refractivity contribution in [3.63, 3.8) is 0 Å². The number of hydrogen-bond acceptors (Lipinski definition) is 4. The van der Waals surface area contributed by atoms with Crippen LogP contribution in [0, 0.1) is 0 Å². The number of fused-ring (bicyclic) bond motifs is 1. The SMILES string of the molecule is O=c1[nH]c([C@@H]2CCNC2)nc2c1CCN(C1CCCC1)C2. The van der Waals surface area contributed by atoms with Crippen LogP contribution < -0.4 is 10.9 Å². The molecule has 3 heterocycles. The molecule has 1 aromatic rings. The van der Waals surface area contributed by atoms with Gasteiger partial charge in [-0.25, -0.2) is 4.98 Å². The Morgan fingerprint density at radius 2 is 2.05 bits per heavy atom. The fraction of sp³-hybridized carbons (Fsp3) is 0.750.